The number of rotatable bonds is 8. The van der Waals surface area contributed by atoms with Crippen molar-refractivity contribution in [3.05, 3.63) is 84.1 Å². The van der Waals surface area contributed by atoms with Crippen LogP contribution < -0.4 is 10.1 Å². The highest BCUT2D eigenvalue weighted by Gasteiger charge is 2.34. The molecule has 1 aliphatic rings. The van der Waals surface area contributed by atoms with Crippen LogP contribution in [0.4, 0.5) is 0 Å². The van der Waals surface area contributed by atoms with Crippen LogP contribution in [-0.4, -0.2) is 34.8 Å². The zero-order chi connectivity index (χ0) is 23.0. The number of aromatic nitrogens is 1. The predicted octanol–water partition coefficient (Wildman–Crippen LogP) is 4.52. The summed E-state index contributed by atoms with van der Waals surface area (Å²) in [6, 6.07) is 15.2. The molecule has 2 heterocycles. The molecule has 1 N–H and O–H groups in total. The van der Waals surface area contributed by atoms with Crippen LogP contribution in [0.3, 0.4) is 0 Å². The standard InChI is InChI=1S/C26H29N3O4/c1-32-21-12-7-9-19(17-21)24(25(30)28-20-10-3-2-4-11-20)29(18-22-13-8-16-33-22)26(31)23-14-5-6-15-27-23/h5-9,12-17,20,24H,2-4,10-11,18H2,1H3,(H,28,30)/t24-/m1/s1. The number of carbonyl (C=O) groups is 2. The molecule has 2 amide bonds. The van der Waals surface area contributed by atoms with Crippen LogP contribution >= 0.6 is 0 Å². The normalized spacial score (nSPS) is 14.9. The maximum Gasteiger partial charge on any atom is 0.273 e. The van der Waals surface area contributed by atoms with Gasteiger partial charge in [-0.05, 0) is 54.8 Å². The first-order chi connectivity index (χ1) is 16.2. The minimum Gasteiger partial charge on any atom is -0.497 e. The van der Waals surface area contributed by atoms with Gasteiger partial charge in [-0.2, -0.15) is 0 Å². The lowest BCUT2D eigenvalue weighted by atomic mass is 9.94. The fraction of sp³-hybridized carbons (Fsp3) is 0.346. The molecule has 0 saturated heterocycles. The number of ether oxygens (including phenoxy) is 1. The van der Waals surface area contributed by atoms with E-state index >= 15 is 0 Å². The zero-order valence-corrected chi connectivity index (χ0v) is 18.8. The summed E-state index contributed by atoms with van der Waals surface area (Å²) >= 11 is 0. The van der Waals surface area contributed by atoms with Crippen LogP contribution in [0.2, 0.25) is 0 Å². The molecule has 0 radical (unpaired) electrons. The molecule has 1 aromatic carbocycles. The average Bonchev–Trinajstić information content (AvgIpc) is 3.38. The van der Waals surface area contributed by atoms with Gasteiger partial charge in [-0.1, -0.05) is 37.5 Å². The summed E-state index contributed by atoms with van der Waals surface area (Å²) in [5.41, 5.74) is 0.931. The van der Waals surface area contributed by atoms with Crippen LogP contribution in [0, 0.1) is 0 Å². The monoisotopic (exact) mass is 447 g/mol. The number of carbonyl (C=O) groups excluding carboxylic acids is 2. The van der Waals surface area contributed by atoms with Crippen molar-refractivity contribution in [3.8, 4) is 5.75 Å². The molecule has 7 nitrogen and oxygen atoms in total. The Morgan fingerprint density at radius 1 is 1.12 bits per heavy atom. The Morgan fingerprint density at radius 3 is 2.67 bits per heavy atom. The largest absolute Gasteiger partial charge is 0.497 e. The van der Waals surface area contributed by atoms with Gasteiger partial charge in [-0.3, -0.25) is 14.6 Å². The van der Waals surface area contributed by atoms with E-state index in [0.717, 1.165) is 25.7 Å². The molecule has 1 saturated carbocycles. The van der Waals surface area contributed by atoms with Gasteiger partial charge in [0.2, 0.25) is 5.91 Å². The smallest absolute Gasteiger partial charge is 0.273 e. The second-order valence-electron chi connectivity index (χ2n) is 8.25. The van der Waals surface area contributed by atoms with Gasteiger partial charge in [-0.25, -0.2) is 0 Å². The molecule has 0 aliphatic heterocycles. The summed E-state index contributed by atoms with van der Waals surface area (Å²) in [5, 5.41) is 3.20. The van der Waals surface area contributed by atoms with Gasteiger partial charge in [0.15, 0.2) is 0 Å². The van der Waals surface area contributed by atoms with Gasteiger partial charge in [0.05, 0.1) is 19.9 Å². The molecular weight excluding hydrogens is 418 g/mol. The molecule has 0 spiro atoms. The number of hydrogen-bond acceptors (Lipinski definition) is 5. The molecule has 0 bridgehead atoms. The van der Waals surface area contributed by atoms with Crippen molar-refractivity contribution >= 4 is 11.8 Å². The van der Waals surface area contributed by atoms with E-state index in [1.165, 1.54) is 11.3 Å². The third kappa shape index (κ3) is 5.61. The third-order valence-electron chi connectivity index (χ3n) is 5.97. The molecule has 2 aromatic heterocycles. The topological polar surface area (TPSA) is 84.7 Å². The number of pyridine rings is 1. The highest BCUT2D eigenvalue weighted by Crippen LogP contribution is 2.29. The van der Waals surface area contributed by atoms with E-state index in [0.29, 0.717) is 17.1 Å². The Bertz CT molecular complexity index is 1050. The van der Waals surface area contributed by atoms with E-state index in [1.807, 2.05) is 18.2 Å². The third-order valence-corrected chi connectivity index (χ3v) is 5.97. The Hall–Kier alpha value is -3.61. The second kappa shape index (κ2) is 10.8. The van der Waals surface area contributed by atoms with Gasteiger partial charge in [-0.15, -0.1) is 0 Å². The molecule has 33 heavy (non-hydrogen) atoms. The van der Waals surface area contributed by atoms with E-state index in [4.69, 9.17) is 9.15 Å². The minimum atomic E-state index is -0.873. The van der Waals surface area contributed by atoms with Crippen LogP contribution in [0.1, 0.15) is 60.0 Å². The van der Waals surface area contributed by atoms with E-state index in [9.17, 15) is 9.59 Å². The number of benzene rings is 1. The fourth-order valence-electron chi connectivity index (χ4n) is 4.30. The highest BCUT2D eigenvalue weighted by molar-refractivity contribution is 5.96. The lowest BCUT2D eigenvalue weighted by Crippen LogP contribution is -2.47. The number of amides is 2. The van der Waals surface area contributed by atoms with E-state index in [2.05, 4.69) is 10.3 Å². The quantitative estimate of drug-likeness (QED) is 0.549. The van der Waals surface area contributed by atoms with Crippen LogP contribution in [0.5, 0.6) is 5.75 Å². The van der Waals surface area contributed by atoms with Crippen molar-refractivity contribution < 1.29 is 18.7 Å². The van der Waals surface area contributed by atoms with E-state index in [-0.39, 0.29) is 30.1 Å². The SMILES string of the molecule is COc1cccc([C@H](C(=O)NC2CCCCC2)N(Cc2ccco2)C(=O)c2ccccn2)c1. The average molecular weight is 448 g/mol. The van der Waals surface area contributed by atoms with Crippen LogP contribution in [-0.2, 0) is 11.3 Å². The van der Waals surface area contributed by atoms with Gasteiger partial charge in [0, 0.05) is 12.2 Å². The molecule has 1 aliphatic carbocycles. The number of nitrogens with zero attached hydrogens (tertiary/aromatic N) is 2. The first-order valence-electron chi connectivity index (χ1n) is 11.3. The number of hydrogen-bond donors (Lipinski definition) is 1. The number of methoxy groups -OCH3 is 1. The molecule has 3 aromatic rings. The lowest BCUT2D eigenvalue weighted by Gasteiger charge is -2.33. The first-order valence-corrected chi connectivity index (χ1v) is 11.3. The number of furan rings is 1. The van der Waals surface area contributed by atoms with Gasteiger partial charge in [0.1, 0.15) is 23.2 Å². The van der Waals surface area contributed by atoms with Crippen molar-refractivity contribution in [1.82, 2.24) is 15.2 Å². The van der Waals surface area contributed by atoms with Crippen molar-refractivity contribution in [2.45, 2.75) is 50.7 Å². The highest BCUT2D eigenvalue weighted by atomic mass is 16.5. The Kier molecular flexibility index (Phi) is 7.40. The summed E-state index contributed by atoms with van der Waals surface area (Å²) < 4.78 is 10.9. The molecule has 172 valence electrons. The maximum absolute atomic E-state index is 13.7. The second-order valence-corrected chi connectivity index (χ2v) is 8.25. The molecular formula is C26H29N3O4. The van der Waals surface area contributed by atoms with E-state index in [1.54, 1.807) is 56.0 Å². The van der Waals surface area contributed by atoms with Crippen molar-refractivity contribution in [3.63, 3.8) is 0 Å². The Morgan fingerprint density at radius 2 is 1.97 bits per heavy atom. The lowest BCUT2D eigenvalue weighted by molar-refractivity contribution is -0.127. The first kappa shape index (κ1) is 22.6. The predicted molar refractivity (Wildman–Crippen MR) is 124 cm³/mol. The fourth-order valence-corrected chi connectivity index (χ4v) is 4.30. The van der Waals surface area contributed by atoms with Crippen molar-refractivity contribution in [2.24, 2.45) is 0 Å². The summed E-state index contributed by atoms with van der Waals surface area (Å²) in [5.74, 6) is 0.633. The number of nitrogens with one attached hydrogen (secondary N) is 1. The zero-order valence-electron chi connectivity index (χ0n) is 18.8. The minimum absolute atomic E-state index is 0.106. The molecule has 1 fully saturated rings. The van der Waals surface area contributed by atoms with Gasteiger partial charge >= 0.3 is 0 Å². The van der Waals surface area contributed by atoms with Crippen LogP contribution in [0.25, 0.3) is 0 Å². The maximum atomic E-state index is 13.7. The summed E-state index contributed by atoms with van der Waals surface area (Å²) in [6.45, 7) is 0.127. The Labute approximate surface area is 193 Å². The van der Waals surface area contributed by atoms with Crippen molar-refractivity contribution in [2.75, 3.05) is 7.11 Å². The molecule has 4 rings (SSSR count). The molecule has 0 unspecified atom stereocenters. The van der Waals surface area contributed by atoms with Crippen LogP contribution in [0.15, 0.2) is 71.5 Å². The molecule has 1 atom stereocenters. The summed E-state index contributed by atoms with van der Waals surface area (Å²) in [4.78, 5) is 33.1. The van der Waals surface area contributed by atoms with Crippen molar-refractivity contribution in [1.29, 1.82) is 0 Å². The summed E-state index contributed by atoms with van der Waals surface area (Å²) in [6.07, 6.45) is 8.40. The van der Waals surface area contributed by atoms with Gasteiger partial charge < -0.3 is 19.4 Å². The van der Waals surface area contributed by atoms with E-state index < -0.39 is 6.04 Å². The van der Waals surface area contributed by atoms with Gasteiger partial charge in [0.25, 0.3) is 5.91 Å². The molecule has 7 heteroatoms. The Balaban J connectivity index is 1.73. The summed E-state index contributed by atoms with van der Waals surface area (Å²) in [7, 11) is 1.58.